The quantitative estimate of drug-likeness (QED) is 0.617. The Kier molecular flexibility index (Phi) is 8.22. The van der Waals surface area contributed by atoms with Crippen molar-refractivity contribution in [2.75, 3.05) is 24.2 Å². The van der Waals surface area contributed by atoms with Crippen molar-refractivity contribution < 1.29 is 4.74 Å². The molecule has 25 heavy (non-hydrogen) atoms. The molecule has 3 N–H and O–H groups in total. The highest BCUT2D eigenvalue weighted by atomic mass is 16.5. The van der Waals surface area contributed by atoms with Crippen LogP contribution in [0.4, 0.5) is 11.4 Å². The Morgan fingerprint density at radius 3 is 2.48 bits per heavy atom. The fourth-order valence-corrected chi connectivity index (χ4v) is 2.40. The largest absolute Gasteiger partial charge is 0.397 e. The molecule has 0 unspecified atom stereocenters. The molecule has 0 saturated carbocycles. The SMILES string of the molecule is CC.Cc1cc(-c2ccc(N)c(NCCOC(C)C)c2)cn(C)c1=O. The van der Waals surface area contributed by atoms with Crippen LogP contribution in [-0.4, -0.2) is 23.8 Å². The van der Waals surface area contributed by atoms with Gasteiger partial charge in [0.05, 0.1) is 24.1 Å². The Balaban J connectivity index is 0.00000151. The summed E-state index contributed by atoms with van der Waals surface area (Å²) in [6.45, 7) is 11.2. The molecule has 2 rings (SSSR count). The summed E-state index contributed by atoms with van der Waals surface area (Å²) in [5.41, 5.74) is 10.4. The van der Waals surface area contributed by atoms with Crippen LogP contribution in [0.25, 0.3) is 11.1 Å². The molecule has 0 atom stereocenters. The number of benzene rings is 1. The van der Waals surface area contributed by atoms with Gasteiger partial charge in [0.25, 0.3) is 5.56 Å². The number of hydrogen-bond acceptors (Lipinski definition) is 4. The molecule has 0 fully saturated rings. The van der Waals surface area contributed by atoms with E-state index in [1.807, 2.05) is 65.1 Å². The number of anilines is 2. The van der Waals surface area contributed by atoms with Gasteiger partial charge in [-0.15, -0.1) is 0 Å². The summed E-state index contributed by atoms with van der Waals surface area (Å²) in [6.07, 6.45) is 2.06. The fraction of sp³-hybridized carbons (Fsp3) is 0.450. The third kappa shape index (κ3) is 5.94. The number of aromatic nitrogens is 1. The van der Waals surface area contributed by atoms with E-state index < -0.39 is 0 Å². The molecule has 1 heterocycles. The Morgan fingerprint density at radius 2 is 1.88 bits per heavy atom. The maximum Gasteiger partial charge on any atom is 0.253 e. The van der Waals surface area contributed by atoms with Crippen molar-refractivity contribution in [3.05, 3.63) is 46.4 Å². The van der Waals surface area contributed by atoms with E-state index in [9.17, 15) is 4.79 Å². The van der Waals surface area contributed by atoms with Crippen LogP contribution in [0.1, 0.15) is 33.3 Å². The Hall–Kier alpha value is -2.27. The standard InChI is InChI=1S/C18H25N3O2.C2H6/c1-12(2)23-8-7-20-17-10-14(5-6-16(17)19)15-9-13(3)18(22)21(4)11-15;1-2/h5-6,9-12,20H,7-8,19H2,1-4H3;1-2H3. The molecule has 0 amide bonds. The number of rotatable bonds is 6. The lowest BCUT2D eigenvalue weighted by Gasteiger charge is -2.13. The molecule has 0 aliphatic heterocycles. The van der Waals surface area contributed by atoms with Gasteiger partial charge >= 0.3 is 0 Å². The Morgan fingerprint density at radius 1 is 1.20 bits per heavy atom. The fourth-order valence-electron chi connectivity index (χ4n) is 2.40. The number of aryl methyl sites for hydroxylation is 2. The van der Waals surface area contributed by atoms with Gasteiger partial charge in [-0.05, 0) is 50.1 Å². The lowest BCUT2D eigenvalue weighted by molar-refractivity contribution is 0.0871. The molecule has 5 nitrogen and oxygen atoms in total. The average molecular weight is 345 g/mol. The minimum absolute atomic E-state index is 0.0216. The molecule has 0 spiro atoms. The summed E-state index contributed by atoms with van der Waals surface area (Å²) >= 11 is 0. The number of nitrogens with one attached hydrogen (secondary N) is 1. The van der Waals surface area contributed by atoms with Gasteiger partial charge < -0.3 is 20.4 Å². The van der Waals surface area contributed by atoms with Crippen LogP contribution >= 0.6 is 0 Å². The first-order valence-corrected chi connectivity index (χ1v) is 8.81. The monoisotopic (exact) mass is 345 g/mol. The van der Waals surface area contributed by atoms with E-state index in [1.54, 1.807) is 11.6 Å². The number of ether oxygens (including phenoxy) is 1. The number of pyridine rings is 1. The summed E-state index contributed by atoms with van der Waals surface area (Å²) < 4.78 is 7.12. The van der Waals surface area contributed by atoms with Gasteiger partial charge in [-0.1, -0.05) is 19.9 Å². The van der Waals surface area contributed by atoms with Crippen LogP contribution in [0.5, 0.6) is 0 Å². The molecular weight excluding hydrogens is 314 g/mol. The molecule has 0 aliphatic carbocycles. The normalized spacial score (nSPS) is 10.4. The first kappa shape index (κ1) is 20.8. The topological polar surface area (TPSA) is 69.3 Å². The maximum atomic E-state index is 11.8. The molecule has 2 aromatic rings. The van der Waals surface area contributed by atoms with Crippen LogP contribution in [0, 0.1) is 6.92 Å². The van der Waals surface area contributed by atoms with Crippen LogP contribution in [0.2, 0.25) is 0 Å². The molecule has 0 bridgehead atoms. The second-order valence-electron chi connectivity index (χ2n) is 5.98. The summed E-state index contributed by atoms with van der Waals surface area (Å²) in [4.78, 5) is 11.8. The Labute approximate surface area is 150 Å². The van der Waals surface area contributed by atoms with Gasteiger partial charge in [0.2, 0.25) is 0 Å². The van der Waals surface area contributed by atoms with E-state index >= 15 is 0 Å². The molecule has 0 radical (unpaired) electrons. The van der Waals surface area contributed by atoms with Crippen LogP contribution in [0.15, 0.2) is 35.3 Å². The first-order valence-electron chi connectivity index (χ1n) is 8.81. The smallest absolute Gasteiger partial charge is 0.253 e. The molecule has 0 saturated heterocycles. The van der Waals surface area contributed by atoms with Crippen molar-refractivity contribution in [1.82, 2.24) is 4.57 Å². The van der Waals surface area contributed by atoms with Crippen molar-refractivity contribution >= 4 is 11.4 Å². The van der Waals surface area contributed by atoms with E-state index in [-0.39, 0.29) is 11.7 Å². The van der Waals surface area contributed by atoms with E-state index in [0.717, 1.165) is 22.4 Å². The van der Waals surface area contributed by atoms with Crippen molar-refractivity contribution in [2.24, 2.45) is 7.05 Å². The highest BCUT2D eigenvalue weighted by Gasteiger charge is 2.06. The van der Waals surface area contributed by atoms with Gasteiger partial charge in [-0.25, -0.2) is 0 Å². The van der Waals surface area contributed by atoms with Crippen molar-refractivity contribution in [3.8, 4) is 11.1 Å². The number of nitrogens with two attached hydrogens (primary N) is 1. The van der Waals surface area contributed by atoms with E-state index in [4.69, 9.17) is 10.5 Å². The summed E-state index contributed by atoms with van der Waals surface area (Å²) in [5, 5.41) is 3.30. The number of hydrogen-bond donors (Lipinski definition) is 2. The third-order valence-corrected chi connectivity index (χ3v) is 3.62. The minimum Gasteiger partial charge on any atom is -0.397 e. The first-order chi connectivity index (χ1) is 11.9. The minimum atomic E-state index is 0.0216. The van der Waals surface area contributed by atoms with Gasteiger partial charge in [-0.3, -0.25) is 4.79 Å². The summed E-state index contributed by atoms with van der Waals surface area (Å²) in [7, 11) is 1.76. The van der Waals surface area contributed by atoms with Crippen LogP contribution < -0.4 is 16.6 Å². The zero-order valence-electron chi connectivity index (χ0n) is 16.2. The molecule has 5 heteroatoms. The third-order valence-electron chi connectivity index (χ3n) is 3.62. The van der Waals surface area contributed by atoms with E-state index in [1.165, 1.54) is 0 Å². The van der Waals surface area contributed by atoms with E-state index in [0.29, 0.717) is 18.8 Å². The molecular formula is C20H31N3O2. The second kappa shape index (κ2) is 9.89. The van der Waals surface area contributed by atoms with Crippen LogP contribution in [0.3, 0.4) is 0 Å². The zero-order chi connectivity index (χ0) is 19.0. The number of nitrogens with zero attached hydrogens (tertiary/aromatic N) is 1. The molecule has 0 aliphatic rings. The van der Waals surface area contributed by atoms with Gasteiger partial charge in [0.1, 0.15) is 0 Å². The summed E-state index contributed by atoms with van der Waals surface area (Å²) in [5.74, 6) is 0. The lowest BCUT2D eigenvalue weighted by Crippen LogP contribution is -2.18. The Bertz CT molecular complexity index is 710. The van der Waals surface area contributed by atoms with Gasteiger partial charge in [0.15, 0.2) is 0 Å². The second-order valence-corrected chi connectivity index (χ2v) is 5.98. The summed E-state index contributed by atoms with van der Waals surface area (Å²) in [6, 6.07) is 7.75. The molecule has 138 valence electrons. The predicted octanol–water partition coefficient (Wildman–Crippen LogP) is 3.81. The zero-order valence-corrected chi connectivity index (χ0v) is 16.2. The van der Waals surface area contributed by atoms with Crippen molar-refractivity contribution in [2.45, 2.75) is 40.7 Å². The van der Waals surface area contributed by atoms with E-state index in [2.05, 4.69) is 5.32 Å². The predicted molar refractivity (Wildman–Crippen MR) is 107 cm³/mol. The number of nitrogen functional groups attached to an aromatic ring is 1. The lowest BCUT2D eigenvalue weighted by atomic mass is 10.0. The van der Waals surface area contributed by atoms with Crippen LogP contribution in [-0.2, 0) is 11.8 Å². The van der Waals surface area contributed by atoms with Crippen molar-refractivity contribution in [1.29, 1.82) is 0 Å². The highest BCUT2D eigenvalue weighted by Crippen LogP contribution is 2.27. The van der Waals surface area contributed by atoms with Gasteiger partial charge in [0, 0.05) is 25.4 Å². The molecule has 1 aromatic heterocycles. The highest BCUT2D eigenvalue weighted by molar-refractivity contribution is 5.76. The van der Waals surface area contributed by atoms with Gasteiger partial charge in [-0.2, -0.15) is 0 Å². The van der Waals surface area contributed by atoms with Crippen molar-refractivity contribution in [3.63, 3.8) is 0 Å². The average Bonchev–Trinajstić information content (AvgIpc) is 2.59. The molecule has 1 aromatic carbocycles. The maximum absolute atomic E-state index is 11.8.